The van der Waals surface area contributed by atoms with E-state index in [1.54, 1.807) is 4.90 Å². The van der Waals surface area contributed by atoms with Gasteiger partial charge in [-0.3, -0.25) is 14.4 Å². The Bertz CT molecular complexity index is 870. The van der Waals surface area contributed by atoms with E-state index in [4.69, 9.17) is 9.26 Å². The predicted octanol–water partition coefficient (Wildman–Crippen LogP) is 2.96. The first-order chi connectivity index (χ1) is 16.4. The van der Waals surface area contributed by atoms with Crippen molar-refractivity contribution < 1.29 is 23.6 Å². The lowest BCUT2D eigenvalue weighted by molar-refractivity contribution is -0.141. The van der Waals surface area contributed by atoms with Crippen LogP contribution in [0.5, 0.6) is 0 Å². The van der Waals surface area contributed by atoms with Crippen molar-refractivity contribution in [2.45, 2.75) is 77.7 Å². The van der Waals surface area contributed by atoms with Crippen LogP contribution in [0.25, 0.3) is 0 Å². The molecule has 3 fully saturated rings. The van der Waals surface area contributed by atoms with Crippen molar-refractivity contribution in [3.63, 3.8) is 0 Å². The molecule has 1 aliphatic heterocycles. The van der Waals surface area contributed by atoms with Gasteiger partial charge in [0.2, 0.25) is 17.6 Å². The van der Waals surface area contributed by atoms with Gasteiger partial charge in [-0.15, -0.1) is 0 Å². The van der Waals surface area contributed by atoms with E-state index in [1.807, 2.05) is 6.92 Å². The molecule has 2 unspecified atom stereocenters. The van der Waals surface area contributed by atoms with E-state index in [0.717, 1.165) is 32.1 Å². The van der Waals surface area contributed by atoms with E-state index in [-0.39, 0.29) is 41.7 Å². The molecule has 34 heavy (non-hydrogen) atoms. The van der Waals surface area contributed by atoms with E-state index >= 15 is 0 Å². The Kier molecular flexibility index (Phi) is 8.01. The molecule has 3 aliphatic rings. The molecular formula is C25H38N4O5. The van der Waals surface area contributed by atoms with Gasteiger partial charge in [0.05, 0.1) is 19.3 Å². The Morgan fingerprint density at radius 2 is 1.82 bits per heavy atom. The molecule has 2 aliphatic carbocycles. The number of morpholine rings is 1. The van der Waals surface area contributed by atoms with Crippen LogP contribution >= 0.6 is 0 Å². The van der Waals surface area contributed by atoms with Crippen LogP contribution in [-0.2, 0) is 14.3 Å². The van der Waals surface area contributed by atoms with Crippen molar-refractivity contribution in [1.82, 2.24) is 20.4 Å². The van der Waals surface area contributed by atoms with Crippen LogP contribution in [0.15, 0.2) is 4.52 Å². The highest BCUT2D eigenvalue weighted by molar-refractivity contribution is 5.99. The molecule has 1 saturated heterocycles. The standard InChI is InChI=1S/C25H38N4O5/c1-4-20(22(31)25-27-23(28-34-25)17-7-8-17)26-24(32)19(18(13-15(2)3)16-5-6-16)14-21(30)29-9-11-33-12-10-29/h15-20H,4-14H2,1-3H3,(H,26,32)/t18?,19?,20-/m0/s1. The summed E-state index contributed by atoms with van der Waals surface area (Å²) in [6.07, 6.45) is 5.67. The van der Waals surface area contributed by atoms with Gasteiger partial charge in [0.15, 0.2) is 5.82 Å². The van der Waals surface area contributed by atoms with Gasteiger partial charge in [0.25, 0.3) is 5.89 Å². The van der Waals surface area contributed by atoms with E-state index in [9.17, 15) is 14.4 Å². The van der Waals surface area contributed by atoms with Crippen molar-refractivity contribution in [3.8, 4) is 0 Å². The van der Waals surface area contributed by atoms with E-state index in [1.165, 1.54) is 0 Å². The summed E-state index contributed by atoms with van der Waals surface area (Å²) >= 11 is 0. The number of aromatic nitrogens is 2. The summed E-state index contributed by atoms with van der Waals surface area (Å²) < 4.78 is 10.6. The van der Waals surface area contributed by atoms with Crippen LogP contribution in [-0.4, -0.2) is 65.0 Å². The minimum atomic E-state index is -0.750. The molecule has 0 spiro atoms. The zero-order valence-electron chi connectivity index (χ0n) is 20.6. The lowest BCUT2D eigenvalue weighted by atomic mass is 9.79. The first kappa shape index (κ1) is 24.8. The maximum absolute atomic E-state index is 13.6. The molecule has 1 aromatic heterocycles. The van der Waals surface area contributed by atoms with Crippen molar-refractivity contribution in [2.24, 2.45) is 23.7 Å². The molecule has 4 rings (SSSR count). The fourth-order valence-corrected chi connectivity index (χ4v) is 4.95. The molecular weight excluding hydrogens is 436 g/mol. The summed E-state index contributed by atoms with van der Waals surface area (Å²) in [4.78, 5) is 45.9. The predicted molar refractivity (Wildman–Crippen MR) is 124 cm³/mol. The number of nitrogens with zero attached hydrogens (tertiary/aromatic N) is 3. The molecule has 9 heteroatoms. The van der Waals surface area contributed by atoms with Crippen LogP contribution < -0.4 is 5.32 Å². The van der Waals surface area contributed by atoms with Gasteiger partial charge in [-0.1, -0.05) is 25.9 Å². The molecule has 1 N–H and O–H groups in total. The minimum absolute atomic E-state index is 0.0109. The van der Waals surface area contributed by atoms with Crippen LogP contribution in [0.3, 0.4) is 0 Å². The Labute approximate surface area is 201 Å². The van der Waals surface area contributed by atoms with Crippen LogP contribution in [0, 0.1) is 23.7 Å². The number of Topliss-reactive ketones (excluding diaryl/α,β-unsaturated/α-hetero) is 1. The van der Waals surface area contributed by atoms with Crippen molar-refractivity contribution in [2.75, 3.05) is 26.3 Å². The van der Waals surface area contributed by atoms with Gasteiger partial charge in [-0.05, 0) is 56.3 Å². The third-order valence-corrected chi connectivity index (χ3v) is 7.22. The highest BCUT2D eigenvalue weighted by Gasteiger charge is 2.42. The number of hydrogen-bond donors (Lipinski definition) is 1. The van der Waals surface area contributed by atoms with Crippen LogP contribution in [0.2, 0.25) is 0 Å². The van der Waals surface area contributed by atoms with Gasteiger partial charge in [-0.25, -0.2) is 0 Å². The molecule has 188 valence electrons. The van der Waals surface area contributed by atoms with Crippen LogP contribution in [0.4, 0.5) is 0 Å². The number of amides is 2. The van der Waals surface area contributed by atoms with Gasteiger partial charge in [0, 0.05) is 31.3 Å². The van der Waals surface area contributed by atoms with E-state index < -0.39 is 12.0 Å². The fraction of sp³-hybridized carbons (Fsp3) is 0.800. The molecule has 0 aromatic carbocycles. The van der Waals surface area contributed by atoms with Crippen molar-refractivity contribution in [1.29, 1.82) is 0 Å². The second-order valence-electron chi connectivity index (χ2n) is 10.5. The summed E-state index contributed by atoms with van der Waals surface area (Å²) in [6, 6.07) is -0.750. The Morgan fingerprint density at radius 1 is 1.12 bits per heavy atom. The third kappa shape index (κ3) is 6.23. The first-order valence-electron chi connectivity index (χ1n) is 12.9. The fourth-order valence-electron chi connectivity index (χ4n) is 4.95. The normalized spacial score (nSPS) is 21.2. The second kappa shape index (κ2) is 11.0. The largest absolute Gasteiger partial charge is 0.378 e. The molecule has 0 bridgehead atoms. The summed E-state index contributed by atoms with van der Waals surface area (Å²) in [5, 5.41) is 6.89. The van der Waals surface area contributed by atoms with Crippen molar-refractivity contribution >= 4 is 17.6 Å². The summed E-state index contributed by atoms with van der Waals surface area (Å²) in [5.74, 6) is 0.765. The lowest BCUT2D eigenvalue weighted by Crippen LogP contribution is -2.48. The molecule has 3 atom stereocenters. The highest BCUT2D eigenvalue weighted by atomic mass is 16.5. The van der Waals surface area contributed by atoms with Gasteiger partial charge < -0.3 is 19.5 Å². The smallest absolute Gasteiger partial charge is 0.296 e. The molecule has 2 amide bonds. The second-order valence-corrected chi connectivity index (χ2v) is 10.5. The minimum Gasteiger partial charge on any atom is -0.378 e. The van der Waals surface area contributed by atoms with Crippen molar-refractivity contribution in [3.05, 3.63) is 11.7 Å². The van der Waals surface area contributed by atoms with Gasteiger partial charge >= 0.3 is 0 Å². The number of hydrogen-bond acceptors (Lipinski definition) is 7. The quantitative estimate of drug-likeness (QED) is 0.463. The summed E-state index contributed by atoms with van der Waals surface area (Å²) in [6.45, 7) is 8.32. The number of ether oxygens (including phenoxy) is 1. The Morgan fingerprint density at radius 3 is 2.41 bits per heavy atom. The zero-order valence-corrected chi connectivity index (χ0v) is 20.6. The highest BCUT2D eigenvalue weighted by Crippen LogP contribution is 2.45. The van der Waals surface area contributed by atoms with E-state index in [0.29, 0.717) is 50.4 Å². The molecule has 2 heterocycles. The molecule has 9 nitrogen and oxygen atoms in total. The van der Waals surface area contributed by atoms with E-state index in [2.05, 4.69) is 29.3 Å². The average Bonchev–Trinajstić information content (AvgIpc) is 3.78. The number of carbonyl (C=O) groups is 3. The third-order valence-electron chi connectivity index (χ3n) is 7.22. The number of nitrogens with one attached hydrogen (secondary N) is 1. The maximum Gasteiger partial charge on any atom is 0.296 e. The number of rotatable bonds is 12. The SMILES string of the molecule is CC[C@H](NC(=O)C(CC(=O)N1CCOCC1)C(CC(C)C)C1CC1)C(=O)c1nc(C2CC2)no1. The monoisotopic (exact) mass is 474 g/mol. The maximum atomic E-state index is 13.6. The lowest BCUT2D eigenvalue weighted by Gasteiger charge is -2.32. The Hall–Kier alpha value is -2.29. The van der Waals surface area contributed by atoms with Gasteiger partial charge in [-0.2, -0.15) is 4.98 Å². The van der Waals surface area contributed by atoms with Crippen LogP contribution in [0.1, 0.15) is 88.1 Å². The summed E-state index contributed by atoms with van der Waals surface area (Å²) in [7, 11) is 0. The number of ketones is 1. The molecule has 0 radical (unpaired) electrons. The number of carbonyl (C=O) groups excluding carboxylic acids is 3. The Balaban J connectivity index is 1.47. The molecule has 2 saturated carbocycles. The van der Waals surface area contributed by atoms with Gasteiger partial charge in [0.1, 0.15) is 0 Å². The topological polar surface area (TPSA) is 115 Å². The zero-order chi connectivity index (χ0) is 24.2. The summed E-state index contributed by atoms with van der Waals surface area (Å²) in [5.41, 5.74) is 0. The molecule has 1 aromatic rings. The first-order valence-corrected chi connectivity index (χ1v) is 12.9. The average molecular weight is 475 g/mol.